The number of hydrogen-bond acceptors (Lipinski definition) is 42. The SMILES string of the molecule is C=CCCCCCCCCOP(=O)(O)O[C@H]1O[C@H](CO)[C@@H](O[C@@H]2O[C@H](COP(=O)(O)O[C@H]3O[C@H](CO)[C@@H](O[C@@H]4O[C@H](COP(=O)(O)O[C@H]5O[C@H](CO)[C@@H](O[C@@H]6O[C@H](CO)[C@H](O)[C@H](O)[C@H]6O)[C@H](O)[C@@H]5O)[C@H](O)[C@H](O[C@@H]5O[C@H](CO)[C@H](O)[C@H](O)[C@H]5O)[C@H]4O)[C@H](O)[C@@H]3O)[C@H](O)[C@H](O)[C@H]2O)[C@H](O)[C@@H]1O. The fourth-order valence-electron chi connectivity index (χ4n) is 11.5. The standard InChI is InChI=1S/C52H93O45P3/c1-2-3-4-5-6-7-8-9-10-81-98(75,76)95-50-38(71)32(65)43(21(14-56)86-50)92-48-37(70)31(64)27(60)23(89-48)16-82-99(77,78)96-52-40(73)34(67)44(22(15-57)88-52)93-49-41(74)45(94-47-36(69)30(63)26(59)19(12-54)85-47)28(61)24(90-49)17-83-100(79,80)97-51-39(72)33(66)42(20(13-55)87-51)91-46-35(68)29(62)25(58)18(11-53)84-46/h2,18-74H,1,3-17H2,(H,75,76)(H,77,78)(H,79,80)/t18-,19-,20-,21-,22-,23-,24-,25+,26+,27+,28+,29+,30+,31+,32-,33-,34-,35-,36-,37-,38+,39+,40+,41-,42-,43-,44-,45+,46+,47+,48+,49+,50-,51-,52-/m1/s1. The van der Waals surface area contributed by atoms with Crippen LogP contribution in [0.4, 0.5) is 0 Å². The van der Waals surface area contributed by atoms with Crippen LogP contribution in [0.15, 0.2) is 12.7 Å². The van der Waals surface area contributed by atoms with Crippen molar-refractivity contribution in [3.63, 3.8) is 0 Å². The number of aliphatic hydroxyl groups excluding tert-OH is 22. The molecule has 45 nitrogen and oxygen atoms in total. The molecule has 7 saturated heterocycles. The average Bonchev–Trinajstić information content (AvgIpc) is 0.784. The second-order valence-corrected chi connectivity index (χ2v) is 28.5. The van der Waals surface area contributed by atoms with Crippen molar-refractivity contribution in [2.24, 2.45) is 0 Å². The van der Waals surface area contributed by atoms with Crippen LogP contribution in [0.1, 0.15) is 44.9 Å². The summed E-state index contributed by atoms with van der Waals surface area (Å²) < 4.78 is 130. The van der Waals surface area contributed by atoms with E-state index >= 15 is 0 Å². The second kappa shape index (κ2) is 38.2. The van der Waals surface area contributed by atoms with Crippen molar-refractivity contribution in [1.82, 2.24) is 0 Å². The van der Waals surface area contributed by atoms with E-state index in [1.807, 2.05) is 0 Å². The number of aliphatic hydroxyl groups is 22. The molecule has 0 aromatic carbocycles. The normalized spacial score (nSPS) is 46.3. The summed E-state index contributed by atoms with van der Waals surface area (Å²) in [6.07, 6.45) is -68.3. The van der Waals surface area contributed by atoms with E-state index in [1.165, 1.54) is 0 Å². The third-order valence-corrected chi connectivity index (χ3v) is 20.1. The summed E-state index contributed by atoms with van der Waals surface area (Å²) in [6, 6.07) is 0. The minimum atomic E-state index is -5.77. The van der Waals surface area contributed by atoms with Crippen molar-refractivity contribution < 1.29 is 220 Å². The molecule has 3 unspecified atom stereocenters. The Morgan fingerprint density at radius 2 is 0.560 bits per heavy atom. The zero-order valence-electron chi connectivity index (χ0n) is 52.8. The van der Waals surface area contributed by atoms with Gasteiger partial charge in [0, 0.05) is 0 Å². The molecule has 38 atom stereocenters. The Hall–Kier alpha value is -1.25. The van der Waals surface area contributed by atoms with Gasteiger partial charge in [0.15, 0.2) is 44.0 Å². The summed E-state index contributed by atoms with van der Waals surface area (Å²) in [5.41, 5.74) is 0. The summed E-state index contributed by atoms with van der Waals surface area (Å²) in [5.74, 6) is 0. The van der Waals surface area contributed by atoms with Crippen LogP contribution in [0, 0.1) is 0 Å². The van der Waals surface area contributed by atoms with Crippen molar-refractivity contribution in [3.05, 3.63) is 12.7 Å². The van der Waals surface area contributed by atoms with E-state index in [2.05, 4.69) is 6.58 Å². The molecule has 48 heteroatoms. The second-order valence-electron chi connectivity index (χ2n) is 24.3. The van der Waals surface area contributed by atoms with E-state index in [4.69, 9.17) is 79.2 Å². The highest BCUT2D eigenvalue weighted by molar-refractivity contribution is 7.47. The van der Waals surface area contributed by atoms with E-state index < -0.39 is 285 Å². The molecule has 25 N–H and O–H groups in total. The fraction of sp³-hybridized carbons (Fsp3) is 0.962. The van der Waals surface area contributed by atoms with Gasteiger partial charge >= 0.3 is 23.5 Å². The fourth-order valence-corrected chi connectivity index (χ4v) is 14.0. The molecule has 100 heavy (non-hydrogen) atoms. The average molecular weight is 1530 g/mol. The van der Waals surface area contributed by atoms with Crippen LogP contribution in [0.3, 0.4) is 0 Å². The highest BCUT2D eigenvalue weighted by Gasteiger charge is 2.58. The first-order valence-corrected chi connectivity index (χ1v) is 36.0. The molecule has 0 spiro atoms. The first-order valence-electron chi connectivity index (χ1n) is 31.5. The minimum Gasteiger partial charge on any atom is -0.394 e. The molecule has 0 bridgehead atoms. The van der Waals surface area contributed by atoms with Gasteiger partial charge in [-0.25, -0.2) is 13.7 Å². The van der Waals surface area contributed by atoms with Crippen molar-refractivity contribution in [2.75, 3.05) is 52.9 Å². The van der Waals surface area contributed by atoms with Crippen LogP contribution >= 0.6 is 23.5 Å². The Kier molecular flexibility index (Phi) is 32.9. The number of rotatable bonds is 35. The highest BCUT2D eigenvalue weighted by atomic mass is 31.2. The first kappa shape index (κ1) is 86.0. The zero-order valence-corrected chi connectivity index (χ0v) is 55.5. The van der Waals surface area contributed by atoms with Gasteiger partial charge in [-0.1, -0.05) is 31.8 Å². The quantitative estimate of drug-likeness (QED) is 0.0159. The number of ether oxygens (including phenoxy) is 11. The van der Waals surface area contributed by atoms with Crippen molar-refractivity contribution >= 4 is 23.5 Å². The zero-order chi connectivity index (χ0) is 74.0. The van der Waals surface area contributed by atoms with Crippen LogP contribution in [0.2, 0.25) is 0 Å². The molecule has 0 saturated carbocycles. The van der Waals surface area contributed by atoms with Crippen LogP contribution in [-0.4, -0.2) is 395 Å². The molecule has 7 fully saturated rings. The lowest BCUT2D eigenvalue weighted by Crippen LogP contribution is -2.66. The Bertz CT molecular complexity index is 2610. The molecule has 7 rings (SSSR count). The predicted octanol–water partition coefficient (Wildman–Crippen LogP) is -12.0. The molecule has 7 aliphatic rings. The van der Waals surface area contributed by atoms with Gasteiger partial charge in [0.1, 0.15) is 171 Å². The number of hydrogen-bond donors (Lipinski definition) is 25. The molecule has 586 valence electrons. The Morgan fingerprint density at radius 3 is 0.910 bits per heavy atom. The Balaban J connectivity index is 0.977. The number of allylic oxidation sites excluding steroid dienone is 1. The van der Waals surface area contributed by atoms with Crippen LogP contribution < -0.4 is 0 Å². The molecule has 0 radical (unpaired) electrons. The van der Waals surface area contributed by atoms with Gasteiger partial charge in [-0.15, -0.1) is 6.58 Å². The van der Waals surface area contributed by atoms with Crippen LogP contribution in [-0.2, 0) is 92.9 Å². The third kappa shape index (κ3) is 21.4. The molecule has 0 aromatic rings. The highest BCUT2D eigenvalue weighted by Crippen LogP contribution is 2.51. The van der Waals surface area contributed by atoms with Crippen molar-refractivity contribution in [2.45, 2.75) is 260 Å². The molecular weight excluding hydrogens is 1440 g/mol. The summed E-state index contributed by atoms with van der Waals surface area (Å²) in [4.78, 5) is 32.1. The lowest BCUT2D eigenvalue weighted by Gasteiger charge is -2.48. The van der Waals surface area contributed by atoms with Gasteiger partial charge in [-0.05, 0) is 19.3 Å². The summed E-state index contributed by atoms with van der Waals surface area (Å²) in [6.45, 7) is -4.80. The van der Waals surface area contributed by atoms with E-state index in [9.17, 15) is 141 Å². The van der Waals surface area contributed by atoms with Gasteiger partial charge in [-0.2, -0.15) is 0 Å². The van der Waals surface area contributed by atoms with Gasteiger partial charge in [0.2, 0.25) is 0 Å². The lowest BCUT2D eigenvalue weighted by molar-refractivity contribution is -0.378. The maximum atomic E-state index is 13.5. The van der Waals surface area contributed by atoms with E-state index in [-0.39, 0.29) is 6.61 Å². The smallest absolute Gasteiger partial charge is 0.394 e. The van der Waals surface area contributed by atoms with Gasteiger partial charge in [0.25, 0.3) is 0 Å². The molecule has 0 aliphatic carbocycles. The maximum absolute atomic E-state index is 13.5. The van der Waals surface area contributed by atoms with Gasteiger partial charge < -0.3 is 179 Å². The number of phosphoric ester groups is 3. The summed E-state index contributed by atoms with van der Waals surface area (Å²) >= 11 is 0. The van der Waals surface area contributed by atoms with E-state index in [1.54, 1.807) is 6.08 Å². The molecular formula is C52H93O45P3. The Labute approximate surface area is 567 Å². The van der Waals surface area contributed by atoms with E-state index in [0.29, 0.717) is 12.8 Å². The molecule has 0 aromatic heterocycles. The largest absolute Gasteiger partial charge is 0.474 e. The molecule has 7 heterocycles. The number of phosphoric acid groups is 3. The minimum absolute atomic E-state index is 0.249. The van der Waals surface area contributed by atoms with Crippen LogP contribution in [0.5, 0.6) is 0 Å². The number of unbranched alkanes of at least 4 members (excludes halogenated alkanes) is 6. The predicted molar refractivity (Wildman–Crippen MR) is 311 cm³/mol. The maximum Gasteiger partial charge on any atom is 0.474 e. The van der Waals surface area contributed by atoms with Crippen LogP contribution in [0.25, 0.3) is 0 Å². The lowest BCUT2D eigenvalue weighted by atomic mass is 9.96. The summed E-state index contributed by atoms with van der Waals surface area (Å²) in [7, 11) is -16.5. The van der Waals surface area contributed by atoms with E-state index in [0.717, 1.165) is 32.1 Å². The monoisotopic (exact) mass is 1530 g/mol. The first-order chi connectivity index (χ1) is 47.1. The van der Waals surface area contributed by atoms with Crippen molar-refractivity contribution in [3.8, 4) is 0 Å². The summed E-state index contributed by atoms with van der Waals surface area (Å²) in [5, 5.41) is 235. The molecule has 0 amide bonds. The Morgan fingerprint density at radius 1 is 0.290 bits per heavy atom. The van der Waals surface area contributed by atoms with Gasteiger partial charge in [-0.3, -0.25) is 27.1 Å². The van der Waals surface area contributed by atoms with Crippen molar-refractivity contribution in [1.29, 1.82) is 0 Å². The topological polar surface area (TPSA) is 714 Å². The third-order valence-electron chi connectivity index (χ3n) is 17.2. The van der Waals surface area contributed by atoms with Gasteiger partial charge in [0.05, 0.1) is 52.9 Å². The molecule has 7 aliphatic heterocycles.